The van der Waals surface area contributed by atoms with Crippen molar-refractivity contribution in [3.8, 4) is 0 Å². The number of benzene rings is 1. The van der Waals surface area contributed by atoms with Crippen LogP contribution < -0.4 is 4.90 Å². The van der Waals surface area contributed by atoms with Crippen molar-refractivity contribution in [3.05, 3.63) is 53.9 Å². The van der Waals surface area contributed by atoms with E-state index < -0.39 is 0 Å². The van der Waals surface area contributed by atoms with Gasteiger partial charge in [0.2, 0.25) is 0 Å². The van der Waals surface area contributed by atoms with E-state index in [2.05, 4.69) is 22.1 Å². The number of para-hydroxylation sites is 1. The first-order valence-corrected chi connectivity index (χ1v) is 7.34. The molecule has 2 heterocycles. The summed E-state index contributed by atoms with van der Waals surface area (Å²) in [7, 11) is 3.95. The second kappa shape index (κ2) is 5.74. The molecule has 0 N–H and O–H groups in total. The van der Waals surface area contributed by atoms with Gasteiger partial charge in [-0.3, -0.25) is 4.68 Å². The largest absolute Gasteiger partial charge is 0.355 e. The van der Waals surface area contributed by atoms with Crippen molar-refractivity contribution >= 4 is 28.3 Å². The Bertz CT molecular complexity index is 766. The highest BCUT2D eigenvalue weighted by Gasteiger charge is 2.11. The lowest BCUT2D eigenvalue weighted by molar-refractivity contribution is 0.766. The maximum Gasteiger partial charge on any atom is 0.133 e. The summed E-state index contributed by atoms with van der Waals surface area (Å²) >= 11 is 6.10. The molecule has 0 fully saturated rings. The molecule has 0 bridgehead atoms. The summed E-state index contributed by atoms with van der Waals surface area (Å²) in [6.07, 6.45) is 3.88. The minimum absolute atomic E-state index is 0.449. The van der Waals surface area contributed by atoms with Crippen LogP contribution in [0.2, 0.25) is 0 Å². The molecule has 21 heavy (non-hydrogen) atoms. The zero-order chi connectivity index (χ0) is 14.8. The number of anilines is 1. The molecule has 108 valence electrons. The van der Waals surface area contributed by atoms with Crippen molar-refractivity contribution in [3.63, 3.8) is 0 Å². The van der Waals surface area contributed by atoms with E-state index in [1.807, 2.05) is 44.7 Å². The van der Waals surface area contributed by atoms with Crippen LogP contribution >= 0.6 is 11.6 Å². The molecule has 3 aromatic rings. The molecule has 0 aliphatic rings. The van der Waals surface area contributed by atoms with Crippen LogP contribution in [0.3, 0.4) is 0 Å². The van der Waals surface area contributed by atoms with Gasteiger partial charge in [-0.1, -0.05) is 18.2 Å². The normalized spacial score (nSPS) is 11.0. The van der Waals surface area contributed by atoms with Crippen molar-refractivity contribution in [1.29, 1.82) is 0 Å². The Kier molecular flexibility index (Phi) is 3.80. The lowest BCUT2D eigenvalue weighted by Gasteiger charge is -2.20. The number of hydrogen-bond acceptors (Lipinski definition) is 3. The molecule has 0 atom stereocenters. The molecular weight excluding hydrogens is 284 g/mol. The third-order valence-electron chi connectivity index (χ3n) is 3.46. The van der Waals surface area contributed by atoms with E-state index in [1.54, 1.807) is 4.68 Å². The van der Waals surface area contributed by atoms with Gasteiger partial charge >= 0.3 is 0 Å². The van der Waals surface area contributed by atoms with Crippen LogP contribution in [0.25, 0.3) is 10.9 Å². The monoisotopic (exact) mass is 300 g/mol. The fraction of sp³-hybridized carbons (Fsp3) is 0.250. The summed E-state index contributed by atoms with van der Waals surface area (Å²) in [5.41, 5.74) is 3.18. The van der Waals surface area contributed by atoms with E-state index in [9.17, 15) is 0 Å². The number of aromatic nitrogens is 3. The molecule has 0 spiro atoms. The molecular formula is C16H17ClN4. The quantitative estimate of drug-likeness (QED) is 0.693. The minimum atomic E-state index is 0.449. The average Bonchev–Trinajstić information content (AvgIpc) is 2.90. The zero-order valence-electron chi connectivity index (χ0n) is 12.1. The lowest BCUT2D eigenvalue weighted by Crippen LogP contribution is -2.19. The molecule has 0 amide bonds. The van der Waals surface area contributed by atoms with Gasteiger partial charge in [0, 0.05) is 43.4 Å². The van der Waals surface area contributed by atoms with Crippen LogP contribution in [0.1, 0.15) is 11.1 Å². The number of fused-ring (bicyclic) bond motifs is 1. The average molecular weight is 301 g/mol. The maximum atomic E-state index is 6.10. The molecule has 0 saturated carbocycles. The third-order valence-corrected chi connectivity index (χ3v) is 3.75. The van der Waals surface area contributed by atoms with Crippen LogP contribution in [-0.4, -0.2) is 21.8 Å². The molecule has 3 rings (SSSR count). The summed E-state index contributed by atoms with van der Waals surface area (Å²) in [5, 5.41) is 5.32. The smallest absolute Gasteiger partial charge is 0.133 e. The number of hydrogen-bond donors (Lipinski definition) is 0. The third kappa shape index (κ3) is 2.85. The van der Waals surface area contributed by atoms with Gasteiger partial charge in [0.25, 0.3) is 0 Å². The van der Waals surface area contributed by atoms with E-state index in [4.69, 9.17) is 16.6 Å². The Balaban J connectivity index is 1.97. The molecule has 4 nitrogen and oxygen atoms in total. The number of alkyl halides is 1. The Morgan fingerprint density at radius 3 is 2.81 bits per heavy atom. The zero-order valence-corrected chi connectivity index (χ0v) is 12.9. The van der Waals surface area contributed by atoms with Crippen molar-refractivity contribution < 1.29 is 0 Å². The van der Waals surface area contributed by atoms with Crippen molar-refractivity contribution in [1.82, 2.24) is 14.8 Å². The fourth-order valence-electron chi connectivity index (χ4n) is 2.48. The molecule has 0 saturated heterocycles. The summed E-state index contributed by atoms with van der Waals surface area (Å²) < 4.78 is 1.81. The molecule has 2 aromatic heterocycles. The number of nitrogens with zero attached hydrogens (tertiary/aromatic N) is 4. The Morgan fingerprint density at radius 1 is 1.29 bits per heavy atom. The van der Waals surface area contributed by atoms with E-state index in [1.165, 1.54) is 0 Å². The van der Waals surface area contributed by atoms with Gasteiger partial charge in [0.15, 0.2) is 0 Å². The summed E-state index contributed by atoms with van der Waals surface area (Å²) in [6.45, 7) is 0.753. The number of aryl methyl sites for hydroxylation is 1. The molecule has 0 aliphatic carbocycles. The second-order valence-corrected chi connectivity index (χ2v) is 5.44. The van der Waals surface area contributed by atoms with Crippen molar-refractivity contribution in [2.75, 3.05) is 11.9 Å². The van der Waals surface area contributed by atoms with Crippen LogP contribution in [0, 0.1) is 0 Å². The van der Waals surface area contributed by atoms with Crippen LogP contribution in [0.5, 0.6) is 0 Å². The highest BCUT2D eigenvalue weighted by molar-refractivity contribution is 6.17. The van der Waals surface area contributed by atoms with Crippen molar-refractivity contribution in [2.45, 2.75) is 12.4 Å². The van der Waals surface area contributed by atoms with Gasteiger partial charge in [-0.2, -0.15) is 5.10 Å². The Morgan fingerprint density at radius 2 is 2.10 bits per heavy atom. The molecule has 0 unspecified atom stereocenters. The number of pyridine rings is 1. The van der Waals surface area contributed by atoms with Gasteiger partial charge in [-0.15, -0.1) is 11.6 Å². The summed E-state index contributed by atoms with van der Waals surface area (Å²) in [4.78, 5) is 6.88. The van der Waals surface area contributed by atoms with E-state index >= 15 is 0 Å². The Hall–Kier alpha value is -2.07. The summed E-state index contributed by atoms with van der Waals surface area (Å²) in [6, 6.07) is 10.2. The van der Waals surface area contributed by atoms with Gasteiger partial charge in [0.1, 0.15) is 5.82 Å². The fourth-order valence-corrected chi connectivity index (χ4v) is 2.68. The van der Waals surface area contributed by atoms with Crippen LogP contribution in [-0.2, 0) is 19.5 Å². The van der Waals surface area contributed by atoms with E-state index in [0.717, 1.165) is 34.4 Å². The van der Waals surface area contributed by atoms with E-state index in [0.29, 0.717) is 5.88 Å². The van der Waals surface area contributed by atoms with E-state index in [-0.39, 0.29) is 0 Å². The standard InChI is InChI=1S/C16H17ClN4/c1-20(10-12-9-18-21(2)11-12)16-14(8-17)7-13-5-3-4-6-15(13)19-16/h3-7,9,11H,8,10H2,1-2H3. The first-order valence-electron chi connectivity index (χ1n) is 6.80. The predicted octanol–water partition coefficient (Wildman–Crippen LogP) is 3.34. The highest BCUT2D eigenvalue weighted by atomic mass is 35.5. The highest BCUT2D eigenvalue weighted by Crippen LogP contribution is 2.25. The SMILES string of the molecule is CN(Cc1cnn(C)c1)c1nc2ccccc2cc1CCl. The predicted molar refractivity (Wildman–Crippen MR) is 86.6 cm³/mol. The Labute approximate surface area is 129 Å². The van der Waals surface area contributed by atoms with Gasteiger partial charge in [0.05, 0.1) is 17.6 Å². The molecule has 5 heteroatoms. The van der Waals surface area contributed by atoms with Gasteiger partial charge in [-0.25, -0.2) is 4.98 Å². The minimum Gasteiger partial charge on any atom is -0.355 e. The lowest BCUT2D eigenvalue weighted by atomic mass is 10.1. The topological polar surface area (TPSA) is 34.0 Å². The molecule has 0 radical (unpaired) electrons. The van der Waals surface area contributed by atoms with Gasteiger partial charge in [-0.05, 0) is 12.1 Å². The molecule has 0 aliphatic heterocycles. The number of halogens is 1. The van der Waals surface area contributed by atoms with Crippen LogP contribution in [0.15, 0.2) is 42.7 Å². The first-order chi connectivity index (χ1) is 10.2. The second-order valence-electron chi connectivity index (χ2n) is 5.18. The summed E-state index contributed by atoms with van der Waals surface area (Å²) in [5.74, 6) is 1.37. The maximum absolute atomic E-state index is 6.10. The first kappa shape index (κ1) is 13.9. The van der Waals surface area contributed by atoms with Gasteiger partial charge < -0.3 is 4.90 Å². The van der Waals surface area contributed by atoms with Crippen LogP contribution in [0.4, 0.5) is 5.82 Å². The van der Waals surface area contributed by atoms with Crippen molar-refractivity contribution in [2.24, 2.45) is 7.05 Å². The number of rotatable bonds is 4. The molecule has 1 aromatic carbocycles.